The Morgan fingerprint density at radius 1 is 0.745 bits per heavy atom. The van der Waals surface area contributed by atoms with Gasteiger partial charge in [0.2, 0.25) is 0 Å². The Labute approximate surface area is 280 Å². The fourth-order valence-electron chi connectivity index (χ4n) is 7.88. The van der Waals surface area contributed by atoms with Crippen LogP contribution in [0.4, 0.5) is 0 Å². The van der Waals surface area contributed by atoms with Crippen LogP contribution in [0, 0.1) is 5.92 Å². The van der Waals surface area contributed by atoms with Gasteiger partial charge < -0.3 is 57.4 Å². The molecule has 1 aromatic carbocycles. The van der Waals surface area contributed by atoms with Crippen molar-refractivity contribution in [3.63, 3.8) is 0 Å². The van der Waals surface area contributed by atoms with Gasteiger partial charge in [-0.15, -0.1) is 0 Å². The van der Waals surface area contributed by atoms with Gasteiger partial charge >= 0.3 is 0 Å². The van der Waals surface area contributed by atoms with Gasteiger partial charge in [0.1, 0.15) is 11.9 Å². The summed E-state index contributed by atoms with van der Waals surface area (Å²) in [6, 6.07) is 4.82. The first-order chi connectivity index (χ1) is 23.2. The van der Waals surface area contributed by atoms with Crippen LogP contribution in [0.1, 0.15) is 36.0 Å². The molecular formula is C35H57NO11. The number of rotatable bonds is 26. The predicted molar refractivity (Wildman–Crippen MR) is 173 cm³/mol. The summed E-state index contributed by atoms with van der Waals surface area (Å²) in [4.78, 5) is 2.55. The Balaban J connectivity index is 0.850. The Morgan fingerprint density at radius 3 is 1.81 bits per heavy atom. The SMILES string of the molecule is COCCOCCOCCOCCOCCOCCOCCOCCO[C@H]1CCC2C3Cc4ccc(CO)c5c4[C@@]2(CCN3C)[C@H]1O5. The maximum absolute atomic E-state index is 10.1. The van der Waals surface area contributed by atoms with Gasteiger partial charge in [0, 0.05) is 29.7 Å². The summed E-state index contributed by atoms with van der Waals surface area (Å²) in [5.41, 5.74) is 3.66. The molecule has 268 valence electrons. The van der Waals surface area contributed by atoms with Gasteiger partial charge in [-0.3, -0.25) is 0 Å². The summed E-state index contributed by atoms with van der Waals surface area (Å²) in [6.45, 7) is 9.60. The van der Waals surface area contributed by atoms with Crippen LogP contribution >= 0.6 is 0 Å². The molecule has 0 radical (unpaired) electrons. The van der Waals surface area contributed by atoms with Crippen LogP contribution in [0.25, 0.3) is 0 Å². The van der Waals surface area contributed by atoms with E-state index in [0.29, 0.717) is 118 Å². The van der Waals surface area contributed by atoms with Gasteiger partial charge in [0.05, 0.1) is 118 Å². The minimum Gasteiger partial charge on any atom is -0.486 e. The molecule has 1 aromatic rings. The highest BCUT2D eigenvalue weighted by Crippen LogP contribution is 2.63. The molecule has 1 saturated carbocycles. The second-order valence-corrected chi connectivity index (χ2v) is 12.7. The van der Waals surface area contributed by atoms with Gasteiger partial charge in [0.15, 0.2) is 0 Å². The van der Waals surface area contributed by atoms with Crippen molar-refractivity contribution in [1.29, 1.82) is 0 Å². The molecule has 47 heavy (non-hydrogen) atoms. The van der Waals surface area contributed by atoms with Gasteiger partial charge in [-0.25, -0.2) is 0 Å². The van der Waals surface area contributed by atoms with Crippen LogP contribution in [0.2, 0.25) is 0 Å². The normalized spacial score (nSPS) is 26.0. The Morgan fingerprint density at radius 2 is 1.28 bits per heavy atom. The molecule has 2 fully saturated rings. The van der Waals surface area contributed by atoms with Crippen molar-refractivity contribution in [2.24, 2.45) is 5.92 Å². The number of hydrogen-bond donors (Lipinski definition) is 1. The van der Waals surface area contributed by atoms with Crippen molar-refractivity contribution < 1.29 is 52.5 Å². The standard InChI is InChI=1S/C35H57NO11/c1-36-8-7-35-29-5-6-31(34(35)47-33-28(26-37)4-3-27(32(33)35)25-30(29)36)46-24-23-45-22-21-44-20-19-43-18-17-42-16-15-41-14-13-40-12-11-39-10-9-38-2/h3-4,29-31,34,37H,5-26H2,1-2H3/t29?,30?,31-,34-,35-/m0/s1. The minimum atomic E-state index is -0.0119. The Kier molecular flexibility index (Phi) is 15.4. The highest BCUT2D eigenvalue weighted by atomic mass is 16.6. The lowest BCUT2D eigenvalue weighted by Gasteiger charge is -2.58. The first-order valence-corrected chi connectivity index (χ1v) is 17.5. The number of likely N-dealkylation sites (N-methyl/N-ethyl adjacent to an activating group) is 1. The molecule has 1 saturated heterocycles. The number of aliphatic hydroxyl groups excluding tert-OH is 1. The van der Waals surface area contributed by atoms with E-state index in [9.17, 15) is 5.11 Å². The van der Waals surface area contributed by atoms with Gasteiger partial charge in [-0.05, 0) is 50.8 Å². The molecule has 2 aliphatic carbocycles. The van der Waals surface area contributed by atoms with E-state index in [2.05, 4.69) is 18.0 Å². The van der Waals surface area contributed by atoms with Gasteiger partial charge in [-0.2, -0.15) is 0 Å². The van der Waals surface area contributed by atoms with E-state index in [1.165, 1.54) is 11.1 Å². The largest absolute Gasteiger partial charge is 0.486 e. The molecule has 2 bridgehead atoms. The summed E-state index contributed by atoms with van der Waals surface area (Å²) in [5.74, 6) is 1.50. The lowest BCUT2D eigenvalue weighted by atomic mass is 9.51. The number of ether oxygens (including phenoxy) is 10. The molecule has 5 atom stereocenters. The van der Waals surface area contributed by atoms with E-state index in [1.54, 1.807) is 7.11 Å². The molecule has 0 amide bonds. The van der Waals surface area contributed by atoms with Crippen molar-refractivity contribution in [3.05, 3.63) is 28.8 Å². The fourth-order valence-corrected chi connectivity index (χ4v) is 7.88. The number of aliphatic hydroxyl groups is 1. The zero-order chi connectivity index (χ0) is 32.7. The third-order valence-electron chi connectivity index (χ3n) is 10.0. The first kappa shape index (κ1) is 36.9. The maximum Gasteiger partial charge on any atom is 0.135 e. The second-order valence-electron chi connectivity index (χ2n) is 12.7. The molecule has 5 rings (SSSR count). The topological polar surface area (TPSA) is 116 Å². The molecule has 2 heterocycles. The van der Waals surface area contributed by atoms with Crippen LogP contribution < -0.4 is 4.74 Å². The zero-order valence-electron chi connectivity index (χ0n) is 28.5. The smallest absolute Gasteiger partial charge is 0.135 e. The van der Waals surface area contributed by atoms with E-state index < -0.39 is 0 Å². The van der Waals surface area contributed by atoms with Crippen LogP contribution in [0.5, 0.6) is 5.75 Å². The lowest BCUT2D eigenvalue weighted by molar-refractivity contribution is -0.129. The van der Waals surface area contributed by atoms with Crippen LogP contribution in [0.15, 0.2) is 12.1 Å². The third-order valence-corrected chi connectivity index (χ3v) is 10.0. The summed E-state index contributed by atoms with van der Waals surface area (Å²) in [6.07, 6.45) is 4.29. The van der Waals surface area contributed by atoms with Crippen molar-refractivity contribution >= 4 is 0 Å². The van der Waals surface area contributed by atoms with Gasteiger partial charge in [0.25, 0.3) is 0 Å². The van der Waals surface area contributed by atoms with Crippen LogP contribution in [-0.4, -0.2) is 155 Å². The van der Waals surface area contributed by atoms with Crippen molar-refractivity contribution in [1.82, 2.24) is 4.90 Å². The number of likely N-dealkylation sites (tertiary alicyclic amines) is 1. The zero-order valence-corrected chi connectivity index (χ0v) is 28.5. The number of benzene rings is 1. The highest BCUT2D eigenvalue weighted by Gasteiger charge is 2.65. The molecule has 0 aromatic heterocycles. The maximum atomic E-state index is 10.1. The van der Waals surface area contributed by atoms with Crippen molar-refractivity contribution in [2.75, 3.05) is 126 Å². The van der Waals surface area contributed by atoms with Crippen molar-refractivity contribution in [3.8, 4) is 5.75 Å². The summed E-state index contributed by atoms with van der Waals surface area (Å²) in [5, 5.41) is 10.1. The minimum absolute atomic E-state index is 0.00281. The highest BCUT2D eigenvalue weighted by molar-refractivity contribution is 5.58. The summed E-state index contributed by atoms with van der Waals surface area (Å²) >= 11 is 0. The molecule has 1 spiro atoms. The molecule has 2 unspecified atom stereocenters. The Hall–Kier alpha value is -1.42. The number of piperidine rings is 1. The van der Waals surface area contributed by atoms with E-state index in [0.717, 1.165) is 43.5 Å². The van der Waals surface area contributed by atoms with E-state index in [-0.39, 0.29) is 24.2 Å². The van der Waals surface area contributed by atoms with E-state index in [1.807, 2.05) is 6.07 Å². The lowest BCUT2D eigenvalue weighted by Crippen LogP contribution is -2.66. The van der Waals surface area contributed by atoms with Crippen LogP contribution in [-0.2, 0) is 61.1 Å². The van der Waals surface area contributed by atoms with E-state index in [4.69, 9.17) is 47.4 Å². The third kappa shape index (κ3) is 9.43. The number of methoxy groups -OCH3 is 1. The molecule has 12 nitrogen and oxygen atoms in total. The summed E-state index contributed by atoms with van der Waals surface area (Å²) < 4.78 is 56.8. The Bertz CT molecular complexity index is 1050. The average Bonchev–Trinajstić information content (AvgIpc) is 3.44. The van der Waals surface area contributed by atoms with E-state index >= 15 is 0 Å². The molecular weight excluding hydrogens is 610 g/mol. The first-order valence-electron chi connectivity index (χ1n) is 17.5. The fraction of sp³-hybridized carbons (Fsp3) is 0.829. The second kappa shape index (κ2) is 19.7. The molecule has 12 heteroatoms. The monoisotopic (exact) mass is 667 g/mol. The molecule has 2 aliphatic heterocycles. The van der Waals surface area contributed by atoms with Crippen molar-refractivity contribution in [2.45, 2.75) is 56.0 Å². The number of nitrogens with zero attached hydrogens (tertiary/aromatic N) is 1. The quantitative estimate of drug-likeness (QED) is 0.146. The molecule has 1 N–H and O–H groups in total. The average molecular weight is 668 g/mol. The summed E-state index contributed by atoms with van der Waals surface area (Å²) in [7, 11) is 3.92. The van der Waals surface area contributed by atoms with Crippen LogP contribution in [0.3, 0.4) is 0 Å². The predicted octanol–water partition coefficient (Wildman–Crippen LogP) is 2.00. The van der Waals surface area contributed by atoms with Gasteiger partial charge in [-0.1, -0.05) is 12.1 Å². The molecule has 4 aliphatic rings. The number of hydrogen-bond acceptors (Lipinski definition) is 12.